The van der Waals surface area contributed by atoms with Crippen molar-refractivity contribution in [1.82, 2.24) is 10.2 Å². The number of Topliss-reactive ketones (excluding diaryl/α,β-unsaturated/α-hetero) is 3. The second kappa shape index (κ2) is 14.4. The van der Waals surface area contributed by atoms with Gasteiger partial charge in [-0.05, 0) is 72.0 Å². The van der Waals surface area contributed by atoms with Gasteiger partial charge < -0.3 is 20.3 Å². The van der Waals surface area contributed by atoms with Gasteiger partial charge in [-0.3, -0.25) is 19.3 Å². The Labute approximate surface area is 239 Å². The highest BCUT2D eigenvalue weighted by Crippen LogP contribution is 2.29. The van der Waals surface area contributed by atoms with Crippen LogP contribution in [0.1, 0.15) is 80.2 Å². The van der Waals surface area contributed by atoms with Gasteiger partial charge in [-0.25, -0.2) is 4.79 Å². The van der Waals surface area contributed by atoms with E-state index in [4.69, 9.17) is 4.74 Å². The first-order chi connectivity index (χ1) is 18.3. The van der Waals surface area contributed by atoms with Crippen LogP contribution in [-0.4, -0.2) is 81.4 Å². The van der Waals surface area contributed by atoms with Gasteiger partial charge >= 0.3 is 5.97 Å². The summed E-state index contributed by atoms with van der Waals surface area (Å²) in [6.07, 6.45) is -0.243. The molecule has 9 heteroatoms. The van der Waals surface area contributed by atoms with E-state index >= 15 is 0 Å². The van der Waals surface area contributed by atoms with Gasteiger partial charge in [-0.2, -0.15) is 0 Å². The lowest BCUT2D eigenvalue weighted by molar-refractivity contribution is -0.188. The van der Waals surface area contributed by atoms with Crippen molar-refractivity contribution in [3.05, 3.63) is 35.9 Å². The Kier molecular flexibility index (Phi) is 12.8. The van der Waals surface area contributed by atoms with E-state index in [-0.39, 0.29) is 11.8 Å². The highest BCUT2D eigenvalue weighted by Gasteiger charge is 2.58. The summed E-state index contributed by atoms with van der Waals surface area (Å²) < 4.78 is 5.33. The van der Waals surface area contributed by atoms with E-state index < -0.39 is 58.6 Å². The summed E-state index contributed by atoms with van der Waals surface area (Å²) in [7, 11) is 3.28. The number of rotatable bonds is 16. The van der Waals surface area contributed by atoms with Gasteiger partial charge in [-0.15, -0.1) is 0 Å². The standard InChI is InChI=1S/C31H50N2O7/c1-20(2)16-23(32-9)25(34)18-31(39,28(37)40-29(5,6)7)27(36)30(8,38)26(35)24(17-21(3)4)33(10)19-22-14-12-11-13-15-22/h11-15,20-21,23-24,32,38-39H,16-19H2,1-10H3/t23-,24-,30?,31?/m0/s1. The predicted octanol–water partition coefficient (Wildman–Crippen LogP) is 3.09. The fourth-order valence-electron chi connectivity index (χ4n) is 4.62. The first-order valence-electron chi connectivity index (χ1n) is 14.0. The van der Waals surface area contributed by atoms with E-state index in [0.717, 1.165) is 12.5 Å². The van der Waals surface area contributed by atoms with Gasteiger partial charge in [-0.1, -0.05) is 58.0 Å². The molecule has 0 bridgehead atoms. The summed E-state index contributed by atoms with van der Waals surface area (Å²) in [4.78, 5) is 56.0. The second-order valence-electron chi connectivity index (χ2n) is 12.8. The molecule has 3 N–H and O–H groups in total. The van der Waals surface area contributed by atoms with Crippen LogP contribution < -0.4 is 5.32 Å². The Bertz CT molecular complexity index is 1010. The molecule has 0 aliphatic heterocycles. The summed E-state index contributed by atoms with van der Waals surface area (Å²) in [6, 6.07) is 7.76. The number of hydrogen-bond acceptors (Lipinski definition) is 9. The Balaban J connectivity index is 3.49. The summed E-state index contributed by atoms with van der Waals surface area (Å²) in [5.41, 5.74) is -6.04. The molecule has 4 atom stereocenters. The van der Waals surface area contributed by atoms with E-state index in [1.165, 1.54) is 0 Å². The molecule has 0 amide bonds. The maximum absolute atomic E-state index is 13.9. The van der Waals surface area contributed by atoms with Gasteiger partial charge in [0.25, 0.3) is 0 Å². The predicted molar refractivity (Wildman–Crippen MR) is 155 cm³/mol. The van der Waals surface area contributed by atoms with Crippen molar-refractivity contribution < 1.29 is 34.1 Å². The molecule has 40 heavy (non-hydrogen) atoms. The largest absolute Gasteiger partial charge is 0.457 e. The molecular formula is C31H50N2O7. The average Bonchev–Trinajstić information content (AvgIpc) is 2.83. The van der Waals surface area contributed by atoms with Gasteiger partial charge in [0, 0.05) is 6.54 Å². The van der Waals surface area contributed by atoms with Crippen LogP contribution in [-0.2, 0) is 30.5 Å². The zero-order chi connectivity index (χ0) is 31.1. The summed E-state index contributed by atoms with van der Waals surface area (Å²) >= 11 is 0. The zero-order valence-electron chi connectivity index (χ0n) is 25.9. The highest BCUT2D eigenvalue weighted by molar-refractivity contribution is 6.22. The molecule has 9 nitrogen and oxygen atoms in total. The lowest BCUT2D eigenvalue weighted by Crippen LogP contribution is -2.64. The summed E-state index contributed by atoms with van der Waals surface area (Å²) in [5, 5.41) is 25.9. The van der Waals surface area contributed by atoms with Crippen molar-refractivity contribution >= 4 is 23.3 Å². The Morgan fingerprint density at radius 3 is 1.90 bits per heavy atom. The van der Waals surface area contributed by atoms with E-state index in [0.29, 0.717) is 19.4 Å². The Hall–Kier alpha value is -2.46. The average molecular weight is 563 g/mol. The minimum atomic E-state index is -3.07. The SMILES string of the molecule is CN[C@@H](CC(C)C)C(=O)CC(O)(C(=O)OC(C)(C)C)C(=O)C(C)(O)C(=O)[C@H](CC(C)C)N(C)Cc1ccccc1. The van der Waals surface area contributed by atoms with Gasteiger partial charge in [0.15, 0.2) is 17.2 Å². The number of carbonyl (C=O) groups excluding carboxylic acids is 4. The molecule has 0 spiro atoms. The van der Waals surface area contributed by atoms with Gasteiger partial charge in [0.2, 0.25) is 11.4 Å². The molecule has 0 radical (unpaired) electrons. The first-order valence-corrected chi connectivity index (χ1v) is 14.0. The smallest absolute Gasteiger partial charge is 0.347 e. The molecule has 0 saturated heterocycles. The molecule has 0 aliphatic carbocycles. The molecule has 0 heterocycles. The zero-order valence-corrected chi connectivity index (χ0v) is 25.9. The maximum atomic E-state index is 13.9. The maximum Gasteiger partial charge on any atom is 0.347 e. The third-order valence-electron chi connectivity index (χ3n) is 6.71. The minimum absolute atomic E-state index is 0.0248. The molecule has 1 rings (SSSR count). The van der Waals surface area contributed by atoms with Crippen molar-refractivity contribution in [2.24, 2.45) is 11.8 Å². The Morgan fingerprint density at radius 2 is 1.45 bits per heavy atom. The van der Waals surface area contributed by atoms with E-state index in [1.54, 1.807) is 39.8 Å². The van der Waals surface area contributed by atoms with Crippen molar-refractivity contribution in [3.8, 4) is 0 Å². The van der Waals surface area contributed by atoms with Crippen LogP contribution in [0.4, 0.5) is 0 Å². The Morgan fingerprint density at radius 1 is 0.925 bits per heavy atom. The highest BCUT2D eigenvalue weighted by atomic mass is 16.6. The van der Waals surface area contributed by atoms with Crippen LogP contribution in [0.3, 0.4) is 0 Å². The molecule has 1 aromatic rings. The molecule has 226 valence electrons. The quantitative estimate of drug-likeness (QED) is 0.205. The van der Waals surface area contributed by atoms with E-state index in [2.05, 4.69) is 5.32 Å². The molecular weight excluding hydrogens is 512 g/mol. The number of likely N-dealkylation sites (N-methyl/N-ethyl adjacent to an activating group) is 2. The van der Waals surface area contributed by atoms with Gasteiger partial charge in [0.1, 0.15) is 5.60 Å². The van der Waals surface area contributed by atoms with Crippen LogP contribution in [0.15, 0.2) is 30.3 Å². The molecule has 2 unspecified atom stereocenters. The number of nitrogens with one attached hydrogen (secondary N) is 1. The number of ketones is 3. The molecule has 0 saturated carbocycles. The second-order valence-corrected chi connectivity index (χ2v) is 12.8. The van der Waals surface area contributed by atoms with E-state index in [1.807, 2.05) is 58.0 Å². The van der Waals surface area contributed by atoms with Crippen LogP contribution in [0, 0.1) is 11.8 Å². The van der Waals surface area contributed by atoms with Crippen molar-refractivity contribution in [2.45, 2.75) is 110 Å². The minimum Gasteiger partial charge on any atom is -0.457 e. The fraction of sp³-hybridized carbons (Fsp3) is 0.677. The first kappa shape index (κ1) is 35.6. The number of carbonyl (C=O) groups is 4. The number of benzene rings is 1. The van der Waals surface area contributed by atoms with Crippen molar-refractivity contribution in [3.63, 3.8) is 0 Å². The van der Waals surface area contributed by atoms with Crippen LogP contribution in [0.25, 0.3) is 0 Å². The number of hydrogen-bond donors (Lipinski definition) is 3. The summed E-state index contributed by atoms with van der Waals surface area (Å²) in [6.45, 7) is 13.6. The topological polar surface area (TPSA) is 133 Å². The van der Waals surface area contributed by atoms with Crippen LogP contribution in [0.5, 0.6) is 0 Å². The van der Waals surface area contributed by atoms with Crippen molar-refractivity contribution in [1.29, 1.82) is 0 Å². The molecule has 1 aromatic carbocycles. The van der Waals surface area contributed by atoms with Gasteiger partial charge in [0.05, 0.1) is 18.5 Å². The monoisotopic (exact) mass is 562 g/mol. The third-order valence-corrected chi connectivity index (χ3v) is 6.71. The molecule has 0 aliphatic rings. The number of aliphatic hydroxyl groups is 2. The normalized spacial score (nSPS) is 16.8. The van der Waals surface area contributed by atoms with Crippen LogP contribution >= 0.6 is 0 Å². The number of ether oxygens (including phenoxy) is 1. The summed E-state index contributed by atoms with van der Waals surface area (Å²) in [5.74, 6) is -4.21. The number of esters is 1. The van der Waals surface area contributed by atoms with Crippen LogP contribution in [0.2, 0.25) is 0 Å². The molecule has 0 aromatic heterocycles. The van der Waals surface area contributed by atoms with Crippen molar-refractivity contribution in [2.75, 3.05) is 14.1 Å². The lowest BCUT2D eigenvalue weighted by atomic mass is 9.77. The van der Waals surface area contributed by atoms with E-state index in [9.17, 15) is 29.4 Å². The third kappa shape index (κ3) is 9.87. The lowest BCUT2D eigenvalue weighted by Gasteiger charge is -2.37. The fourth-order valence-corrected chi connectivity index (χ4v) is 4.62. The molecule has 0 fully saturated rings. The number of nitrogens with zero attached hydrogens (tertiary/aromatic N) is 1.